The summed E-state index contributed by atoms with van der Waals surface area (Å²) in [6, 6.07) is 103. The standard InChI is InChI=1S/C39H29P2.C25H36P2.C21H18P.C9H9.6C4H9.3Pt/c1-5-15-28(16-6-1)39-38-36-29(17-13-25-34(36)40-31-19-7-2-8-20-31)27-30-18-14-26-35(37(30)38)41(39,32-21-9-3-10-22-32)33-23-11-4-12-24-33;1-6-18-16-26(20-8-2-9-21(26)11-3-10-20)25-24(18)19(7-1)17-27(25)22-12-4-13-23(27)15-5-14-22;1-17-9-8-10-18-15-22(16-21(17)18,19-11-4-2-5-12-19)20-13-6-3-7-14-20;1-7-5-4-6-8(2)9(7)3;6*1-3-4-2;;;/h1-27,39-40H;1,6-7,20-23,25H,2-5,8-17H2;2-14,16H,1,15H2;4-6H,1-3H2;6*1,3-4H2,2H3;;;/q+1;+2;-1;-3;6*-1;;2*+4. The minimum Gasteiger partial charge on any atom is -0.343 e. The number of fused-ring (bicyclic) bond motifs is 3. The van der Waals surface area contributed by atoms with E-state index in [2.05, 4.69) is 378 Å². The van der Waals surface area contributed by atoms with Crippen LogP contribution in [0.5, 0.6) is 0 Å². The molecule has 0 saturated carbocycles. The van der Waals surface area contributed by atoms with Crippen molar-refractivity contribution in [3.05, 3.63) is 416 Å². The summed E-state index contributed by atoms with van der Waals surface area (Å²) in [4.78, 5) is 0. The van der Waals surface area contributed by atoms with Crippen LogP contribution in [0.2, 0.25) is 0 Å². The first-order chi connectivity index (χ1) is 60.2. The average molecular weight is 2300 g/mol. The first kappa shape index (κ1) is 106. The van der Waals surface area contributed by atoms with Crippen LogP contribution in [0.25, 0.3) is 21.5 Å². The summed E-state index contributed by atoms with van der Waals surface area (Å²) in [7, 11) is -4.74. The molecule has 0 aromatic heterocycles. The number of benzene rings is 12. The fourth-order valence-electron chi connectivity index (χ4n) is 20.8. The third-order valence-corrected chi connectivity index (χ3v) is 51.1. The number of rotatable bonds is 13. The molecule has 126 heavy (non-hydrogen) atoms. The third-order valence-electron chi connectivity index (χ3n) is 26.9. The van der Waals surface area contributed by atoms with Crippen LogP contribution in [0.3, 0.4) is 0 Å². The van der Waals surface area contributed by atoms with E-state index < -0.39 is 29.0 Å². The van der Waals surface area contributed by atoms with Gasteiger partial charge in [0.1, 0.15) is 28.8 Å². The summed E-state index contributed by atoms with van der Waals surface area (Å²) in [5.74, 6) is 0. The molecule has 12 aromatic carbocycles. The van der Waals surface area contributed by atoms with Gasteiger partial charge < -0.3 is 58.2 Å². The van der Waals surface area contributed by atoms with Crippen LogP contribution in [0, 0.1) is 75.4 Å². The third kappa shape index (κ3) is 23.8. The molecule has 2 spiro atoms. The van der Waals surface area contributed by atoms with E-state index in [1.807, 2.05) is 34.9 Å². The van der Waals surface area contributed by atoms with Crippen LogP contribution in [0.1, 0.15) is 268 Å². The molecule has 8 heterocycles. The van der Waals surface area contributed by atoms with E-state index in [1.54, 1.807) is 89.4 Å². The minimum atomic E-state index is -2.15. The van der Waals surface area contributed by atoms with Gasteiger partial charge in [0, 0.05) is 62.1 Å². The molecule has 0 aliphatic carbocycles. The molecule has 0 amide bonds. The molecule has 0 radical (unpaired) electrons. The largest absolute Gasteiger partial charge is 4.00 e. The molecule has 2 atom stereocenters. The summed E-state index contributed by atoms with van der Waals surface area (Å²) in [5.41, 5.74) is 20.5. The Kier molecular flexibility index (Phi) is 45.0. The van der Waals surface area contributed by atoms with Gasteiger partial charge in [-0.1, -0.05) is 277 Å². The van der Waals surface area contributed by atoms with Crippen LogP contribution in [0.4, 0.5) is 0 Å². The Morgan fingerprint density at radius 3 is 1.06 bits per heavy atom. The SMILES string of the molecule is [CH2-]CCC.[CH2-]CCC.[CH2-]CCC.[CH2-]CCC.[CH2-]CCC.[CH2-]CCC.[CH2-]c1cccc([CH2-])c1[CH2-].[CH2-]c1cccc2c1[CH-][P+](c1ccccc1)(c1ccccc1)C2.[Pt+4].[Pt+4].[Pt].c1cc2c3c(c1)C[P+]1(C4CCCC1CCC4)C3[P+]1(C2)C2CCCC1CCC2.c1ccc(Pc2cccc3cc4cccc5c4c(c23)C(c2ccccc2)[P+]5(c2ccccc2)c2ccccc2)cc1. The van der Waals surface area contributed by atoms with Crippen molar-refractivity contribution >= 4 is 96.3 Å². The van der Waals surface area contributed by atoms with E-state index in [9.17, 15) is 0 Å². The molecule has 0 nitrogen and oxygen atoms in total. The molecule has 4 bridgehead atoms. The maximum absolute atomic E-state index is 4.23. The van der Waals surface area contributed by atoms with Gasteiger partial charge >= 0.3 is 42.1 Å². The molecule has 8 heteroatoms. The molecule has 20 rings (SSSR count). The normalized spacial score (nSPS) is 20.4. The van der Waals surface area contributed by atoms with Gasteiger partial charge in [-0.3, -0.25) is 38.8 Å². The quantitative estimate of drug-likeness (QED) is 0.0613. The van der Waals surface area contributed by atoms with Gasteiger partial charge in [0.15, 0.2) is 5.40 Å². The maximum atomic E-state index is 4.23. The van der Waals surface area contributed by atoms with Gasteiger partial charge in [-0.05, 0) is 170 Å². The zero-order chi connectivity index (χ0) is 87.2. The summed E-state index contributed by atoms with van der Waals surface area (Å²) in [6.45, 7) is 49.9. The molecular formula is C118H146P5Pt3+. The predicted octanol–water partition coefficient (Wildman–Crippen LogP) is 32.5. The Morgan fingerprint density at radius 1 is 0.341 bits per heavy atom. The van der Waals surface area contributed by atoms with E-state index in [0.29, 0.717) is 8.58 Å². The van der Waals surface area contributed by atoms with Crippen LogP contribution in [-0.2, 0) is 81.7 Å². The Bertz CT molecular complexity index is 4890. The molecular weight excluding hydrogens is 2160 g/mol. The van der Waals surface area contributed by atoms with Crippen molar-refractivity contribution in [2.24, 2.45) is 0 Å². The maximum Gasteiger partial charge on any atom is 4.00 e. The smallest absolute Gasteiger partial charge is 0.343 e. The summed E-state index contributed by atoms with van der Waals surface area (Å²) >= 11 is 0. The van der Waals surface area contributed by atoms with E-state index in [1.165, 1.54) is 147 Å². The van der Waals surface area contributed by atoms with Gasteiger partial charge in [0.2, 0.25) is 0 Å². The Labute approximate surface area is 815 Å². The average Bonchev–Trinajstić information content (AvgIpc) is 1.50. The van der Waals surface area contributed by atoms with Crippen molar-refractivity contribution < 1.29 is 63.2 Å². The summed E-state index contributed by atoms with van der Waals surface area (Å²) in [5, 5.41) is 16.9. The van der Waals surface area contributed by atoms with Crippen molar-refractivity contribution in [1.82, 2.24) is 0 Å². The molecule has 2 unspecified atom stereocenters. The van der Waals surface area contributed by atoms with Gasteiger partial charge in [-0.2, -0.15) is 50.2 Å². The van der Waals surface area contributed by atoms with Gasteiger partial charge in [0.05, 0.1) is 60.1 Å². The van der Waals surface area contributed by atoms with Crippen LogP contribution in [-0.4, -0.2) is 22.6 Å². The fraction of sp³-hybridized carbons (Fsp3) is 0.331. The molecule has 672 valence electrons. The van der Waals surface area contributed by atoms with Crippen molar-refractivity contribution in [2.45, 2.75) is 248 Å². The number of hydrogen-bond donors (Lipinski definition) is 0. The van der Waals surface area contributed by atoms with Crippen molar-refractivity contribution in [1.29, 1.82) is 0 Å². The monoisotopic (exact) mass is 2300 g/mol. The van der Waals surface area contributed by atoms with Crippen molar-refractivity contribution in [3.8, 4) is 0 Å². The van der Waals surface area contributed by atoms with Crippen LogP contribution in [0.15, 0.2) is 279 Å². The zero-order valence-corrected chi connectivity index (χ0v) is 88.4. The second kappa shape index (κ2) is 53.4. The topological polar surface area (TPSA) is 0 Å². The summed E-state index contributed by atoms with van der Waals surface area (Å²) in [6.07, 6.45) is 39.8. The predicted molar refractivity (Wildman–Crippen MR) is 562 cm³/mol. The van der Waals surface area contributed by atoms with Crippen LogP contribution >= 0.6 is 37.6 Å². The van der Waals surface area contributed by atoms with E-state index >= 15 is 0 Å². The Hall–Kier alpha value is -5.28. The van der Waals surface area contributed by atoms with Gasteiger partial charge in [0.25, 0.3) is 0 Å². The van der Waals surface area contributed by atoms with Crippen molar-refractivity contribution in [2.75, 3.05) is 0 Å². The van der Waals surface area contributed by atoms with E-state index in [0.717, 1.165) is 66.9 Å². The fourth-order valence-corrected chi connectivity index (χ4v) is 50.0. The molecule has 12 aromatic rings. The van der Waals surface area contributed by atoms with Gasteiger partial charge in [-0.15, -0.1) is 12.1 Å². The number of hydrogen-bond acceptors (Lipinski definition) is 0. The first-order valence-electron chi connectivity index (χ1n) is 47.0. The van der Waals surface area contributed by atoms with E-state index in [4.69, 9.17) is 0 Å². The van der Waals surface area contributed by atoms with Crippen molar-refractivity contribution in [3.63, 3.8) is 0 Å². The second-order valence-corrected chi connectivity index (χ2v) is 51.9. The molecule has 4 fully saturated rings. The minimum absolute atomic E-state index is 0. The zero-order valence-electron chi connectivity index (χ0n) is 77.0. The van der Waals surface area contributed by atoms with E-state index in [-0.39, 0.29) is 68.9 Å². The first-order valence-corrected chi connectivity index (χ1v) is 56.3. The second-order valence-electron chi connectivity index (χ2n) is 34.8. The van der Waals surface area contributed by atoms with Gasteiger partial charge in [-0.25, -0.2) is 18.2 Å². The molecule has 4 saturated heterocycles. The van der Waals surface area contributed by atoms with Crippen LogP contribution < -0.4 is 37.1 Å². The Morgan fingerprint density at radius 2 is 0.675 bits per heavy atom. The Balaban J connectivity index is 0.000000201. The summed E-state index contributed by atoms with van der Waals surface area (Å²) < 4.78 is 0. The molecule has 0 N–H and O–H groups in total. The molecule has 8 aliphatic heterocycles. The molecule has 8 aliphatic rings. The number of unbranched alkanes of at least 4 members (excludes halogenated alkanes) is 6.